The zero-order valence-electron chi connectivity index (χ0n) is 11.5. The molecule has 0 bridgehead atoms. The van der Waals surface area contributed by atoms with Gasteiger partial charge in [0.15, 0.2) is 5.76 Å². The quantitative estimate of drug-likeness (QED) is 0.908. The monoisotopic (exact) mass is 272 g/mol. The van der Waals surface area contributed by atoms with Crippen LogP contribution in [0.5, 0.6) is 0 Å². The molecule has 1 aliphatic rings. The second kappa shape index (κ2) is 6.20. The standard InChI is InChI=1S/C16H20N2O2/c19-9-7-13-6-8-18(11-13)12-15-10-16(17-20-15)14-4-2-1-3-5-14/h1-5,10,13,19H,6-9,11-12H2. The van der Waals surface area contributed by atoms with Crippen LogP contribution in [-0.2, 0) is 6.54 Å². The molecule has 2 heterocycles. The Hall–Kier alpha value is -1.65. The number of likely N-dealkylation sites (tertiary alicyclic amines) is 1. The minimum atomic E-state index is 0.291. The molecular formula is C16H20N2O2. The summed E-state index contributed by atoms with van der Waals surface area (Å²) in [5.74, 6) is 1.53. The number of aliphatic hydroxyl groups excluding tert-OH is 1. The minimum Gasteiger partial charge on any atom is -0.396 e. The van der Waals surface area contributed by atoms with Crippen LogP contribution in [0.3, 0.4) is 0 Å². The molecule has 1 saturated heterocycles. The second-order valence-electron chi connectivity index (χ2n) is 5.45. The van der Waals surface area contributed by atoms with E-state index < -0.39 is 0 Å². The molecule has 4 nitrogen and oxygen atoms in total. The van der Waals surface area contributed by atoms with E-state index in [1.807, 2.05) is 36.4 Å². The van der Waals surface area contributed by atoms with Crippen LogP contribution >= 0.6 is 0 Å². The molecular weight excluding hydrogens is 252 g/mol. The molecule has 1 aromatic heterocycles. The lowest BCUT2D eigenvalue weighted by molar-refractivity contribution is 0.239. The predicted octanol–water partition coefficient (Wildman–Crippen LogP) is 2.55. The van der Waals surface area contributed by atoms with E-state index in [9.17, 15) is 0 Å². The number of aliphatic hydroxyl groups is 1. The molecule has 0 spiro atoms. The van der Waals surface area contributed by atoms with Crippen molar-refractivity contribution in [1.82, 2.24) is 10.1 Å². The highest BCUT2D eigenvalue weighted by molar-refractivity contribution is 5.58. The molecule has 0 aliphatic carbocycles. The zero-order valence-corrected chi connectivity index (χ0v) is 11.5. The van der Waals surface area contributed by atoms with E-state index in [4.69, 9.17) is 9.63 Å². The molecule has 106 valence electrons. The lowest BCUT2D eigenvalue weighted by atomic mass is 10.1. The molecule has 0 amide bonds. The van der Waals surface area contributed by atoms with Gasteiger partial charge in [-0.25, -0.2) is 0 Å². The van der Waals surface area contributed by atoms with E-state index in [0.29, 0.717) is 12.5 Å². The molecule has 20 heavy (non-hydrogen) atoms. The topological polar surface area (TPSA) is 49.5 Å². The van der Waals surface area contributed by atoms with Gasteiger partial charge in [-0.1, -0.05) is 35.5 Å². The largest absolute Gasteiger partial charge is 0.396 e. The summed E-state index contributed by atoms with van der Waals surface area (Å²) in [6.45, 7) is 3.22. The lowest BCUT2D eigenvalue weighted by Gasteiger charge is -2.13. The van der Waals surface area contributed by atoms with Crippen molar-refractivity contribution in [3.63, 3.8) is 0 Å². The average Bonchev–Trinajstić information content (AvgIpc) is 3.11. The summed E-state index contributed by atoms with van der Waals surface area (Å²) in [7, 11) is 0. The lowest BCUT2D eigenvalue weighted by Crippen LogP contribution is -2.20. The Balaban J connectivity index is 1.61. The average molecular weight is 272 g/mol. The van der Waals surface area contributed by atoms with Gasteiger partial charge in [0.2, 0.25) is 0 Å². The molecule has 4 heteroatoms. The summed E-state index contributed by atoms with van der Waals surface area (Å²) in [6.07, 6.45) is 2.07. The van der Waals surface area contributed by atoms with Crippen molar-refractivity contribution < 1.29 is 9.63 Å². The third-order valence-electron chi connectivity index (χ3n) is 3.92. The number of hydrogen-bond acceptors (Lipinski definition) is 4. The smallest absolute Gasteiger partial charge is 0.151 e. The predicted molar refractivity (Wildman–Crippen MR) is 77.0 cm³/mol. The van der Waals surface area contributed by atoms with E-state index >= 15 is 0 Å². The van der Waals surface area contributed by atoms with Gasteiger partial charge >= 0.3 is 0 Å². The highest BCUT2D eigenvalue weighted by atomic mass is 16.5. The molecule has 1 fully saturated rings. The van der Waals surface area contributed by atoms with Crippen molar-refractivity contribution in [2.24, 2.45) is 5.92 Å². The van der Waals surface area contributed by atoms with Crippen LogP contribution in [0.2, 0.25) is 0 Å². The van der Waals surface area contributed by atoms with Gasteiger partial charge in [-0.3, -0.25) is 4.90 Å². The molecule has 2 aromatic rings. The maximum absolute atomic E-state index is 8.99. The van der Waals surface area contributed by atoms with Gasteiger partial charge in [0.25, 0.3) is 0 Å². The number of benzene rings is 1. The molecule has 0 saturated carbocycles. The van der Waals surface area contributed by atoms with E-state index in [2.05, 4.69) is 10.1 Å². The molecule has 1 aliphatic heterocycles. The molecule has 1 atom stereocenters. The first-order chi connectivity index (χ1) is 9.85. The first-order valence-electron chi connectivity index (χ1n) is 7.19. The van der Waals surface area contributed by atoms with Crippen molar-refractivity contribution in [2.75, 3.05) is 19.7 Å². The fourth-order valence-corrected chi connectivity index (χ4v) is 2.83. The third kappa shape index (κ3) is 3.08. The summed E-state index contributed by atoms with van der Waals surface area (Å²) in [5, 5.41) is 13.1. The Bertz CT molecular complexity index is 538. The van der Waals surface area contributed by atoms with Crippen molar-refractivity contribution in [3.8, 4) is 11.3 Å². The van der Waals surface area contributed by atoms with Crippen LogP contribution < -0.4 is 0 Å². The fraction of sp³-hybridized carbons (Fsp3) is 0.438. The van der Waals surface area contributed by atoms with Crippen molar-refractivity contribution in [3.05, 3.63) is 42.2 Å². The first-order valence-corrected chi connectivity index (χ1v) is 7.19. The summed E-state index contributed by atoms with van der Waals surface area (Å²) < 4.78 is 5.44. The van der Waals surface area contributed by atoms with Crippen molar-refractivity contribution >= 4 is 0 Å². The van der Waals surface area contributed by atoms with Gasteiger partial charge < -0.3 is 9.63 Å². The summed E-state index contributed by atoms with van der Waals surface area (Å²) in [5.41, 5.74) is 1.98. The van der Waals surface area contributed by atoms with Crippen LogP contribution in [0.15, 0.2) is 40.9 Å². The highest BCUT2D eigenvalue weighted by Gasteiger charge is 2.23. The molecule has 1 aromatic carbocycles. The van der Waals surface area contributed by atoms with Gasteiger partial charge in [-0.2, -0.15) is 0 Å². The number of aromatic nitrogens is 1. The van der Waals surface area contributed by atoms with E-state index in [1.165, 1.54) is 6.42 Å². The van der Waals surface area contributed by atoms with Gasteiger partial charge in [-0.15, -0.1) is 0 Å². The van der Waals surface area contributed by atoms with Gasteiger partial charge in [-0.05, 0) is 25.3 Å². The van der Waals surface area contributed by atoms with Gasteiger partial charge in [0, 0.05) is 24.8 Å². The number of nitrogens with zero attached hydrogens (tertiary/aromatic N) is 2. The van der Waals surface area contributed by atoms with Crippen molar-refractivity contribution in [2.45, 2.75) is 19.4 Å². The summed E-state index contributed by atoms with van der Waals surface area (Å²) >= 11 is 0. The summed E-state index contributed by atoms with van der Waals surface area (Å²) in [4.78, 5) is 2.37. The molecule has 1 unspecified atom stereocenters. The van der Waals surface area contributed by atoms with E-state index in [1.54, 1.807) is 0 Å². The van der Waals surface area contributed by atoms with E-state index in [-0.39, 0.29) is 0 Å². The van der Waals surface area contributed by atoms with Crippen LogP contribution in [0, 0.1) is 5.92 Å². The Labute approximate surface area is 119 Å². The Morgan fingerprint density at radius 2 is 2.15 bits per heavy atom. The Morgan fingerprint density at radius 1 is 1.30 bits per heavy atom. The number of hydrogen-bond donors (Lipinski definition) is 1. The second-order valence-corrected chi connectivity index (χ2v) is 5.45. The van der Waals surface area contributed by atoms with Gasteiger partial charge in [0.05, 0.1) is 6.54 Å². The Morgan fingerprint density at radius 3 is 2.95 bits per heavy atom. The van der Waals surface area contributed by atoms with Crippen LogP contribution in [0.25, 0.3) is 11.3 Å². The van der Waals surface area contributed by atoms with E-state index in [0.717, 1.165) is 43.1 Å². The molecule has 3 rings (SSSR count). The Kier molecular flexibility index (Phi) is 4.14. The van der Waals surface area contributed by atoms with Gasteiger partial charge in [0.1, 0.15) is 5.69 Å². The van der Waals surface area contributed by atoms with Crippen molar-refractivity contribution in [1.29, 1.82) is 0 Å². The van der Waals surface area contributed by atoms with Crippen LogP contribution in [-0.4, -0.2) is 34.9 Å². The SMILES string of the molecule is OCCC1CCN(Cc2cc(-c3ccccc3)no2)C1. The highest BCUT2D eigenvalue weighted by Crippen LogP contribution is 2.23. The molecule has 0 radical (unpaired) electrons. The fourth-order valence-electron chi connectivity index (χ4n) is 2.83. The van der Waals surface area contributed by atoms with Crippen LogP contribution in [0.1, 0.15) is 18.6 Å². The number of rotatable bonds is 5. The normalized spacial score (nSPS) is 19.6. The van der Waals surface area contributed by atoms with Crippen LogP contribution in [0.4, 0.5) is 0 Å². The maximum Gasteiger partial charge on any atom is 0.151 e. The third-order valence-corrected chi connectivity index (χ3v) is 3.92. The minimum absolute atomic E-state index is 0.291. The maximum atomic E-state index is 8.99. The first kappa shape index (κ1) is 13.3. The zero-order chi connectivity index (χ0) is 13.8. The molecule has 1 N–H and O–H groups in total. The summed E-state index contributed by atoms with van der Waals surface area (Å²) in [6, 6.07) is 12.1.